The molecular weight excluding hydrogens is 444 g/mol. The number of aromatic amines is 1. The van der Waals surface area contributed by atoms with Crippen LogP contribution in [0, 0.1) is 0 Å². The second kappa shape index (κ2) is 10.4. The van der Waals surface area contributed by atoms with Crippen molar-refractivity contribution in [3.05, 3.63) is 70.9 Å². The van der Waals surface area contributed by atoms with E-state index in [-0.39, 0.29) is 17.3 Å². The van der Waals surface area contributed by atoms with Gasteiger partial charge in [-0.25, -0.2) is 0 Å². The van der Waals surface area contributed by atoms with E-state index in [4.69, 9.17) is 9.47 Å². The number of rotatable bonds is 9. The van der Waals surface area contributed by atoms with Gasteiger partial charge in [0.25, 0.3) is 11.7 Å². The standard InChI is InChI=1S/C28H32N2O5/c1-5-35-23-12-11-18(15-20(23)17(2)3)26(31)24-25(21-16-29-22-10-7-6-9-19(21)22)30(13-8-14-34-4)28(33)27(24)32/h6-7,9-12,15-17,25,29,31H,5,8,13-14H2,1-4H3/b26-24+. The van der Waals surface area contributed by atoms with Crippen molar-refractivity contribution >= 4 is 28.4 Å². The molecule has 1 fully saturated rings. The van der Waals surface area contributed by atoms with Gasteiger partial charge >= 0.3 is 0 Å². The molecule has 7 nitrogen and oxygen atoms in total. The predicted octanol–water partition coefficient (Wildman–Crippen LogP) is 5.15. The van der Waals surface area contributed by atoms with E-state index in [1.807, 2.05) is 63.4 Å². The van der Waals surface area contributed by atoms with Gasteiger partial charge in [-0.1, -0.05) is 32.0 Å². The molecular formula is C28H32N2O5. The number of ether oxygens (including phenoxy) is 2. The Morgan fingerprint density at radius 2 is 1.94 bits per heavy atom. The second-order valence-corrected chi connectivity index (χ2v) is 8.97. The molecule has 0 saturated carbocycles. The van der Waals surface area contributed by atoms with E-state index in [0.717, 1.165) is 27.8 Å². The van der Waals surface area contributed by atoms with E-state index >= 15 is 0 Å². The van der Waals surface area contributed by atoms with Crippen LogP contribution in [0.15, 0.2) is 54.2 Å². The monoisotopic (exact) mass is 476 g/mol. The normalized spacial score (nSPS) is 17.6. The number of ketones is 1. The number of methoxy groups -OCH3 is 1. The number of aromatic nitrogens is 1. The summed E-state index contributed by atoms with van der Waals surface area (Å²) >= 11 is 0. The molecule has 1 amide bonds. The van der Waals surface area contributed by atoms with Gasteiger partial charge in [-0.05, 0) is 49.1 Å². The Morgan fingerprint density at radius 1 is 1.17 bits per heavy atom. The van der Waals surface area contributed by atoms with E-state index in [0.29, 0.717) is 31.7 Å². The van der Waals surface area contributed by atoms with Gasteiger partial charge in [0.05, 0.1) is 18.2 Å². The molecule has 1 aliphatic rings. The smallest absolute Gasteiger partial charge is 0.295 e. The number of benzene rings is 2. The maximum Gasteiger partial charge on any atom is 0.295 e. The molecule has 1 unspecified atom stereocenters. The third-order valence-electron chi connectivity index (χ3n) is 6.41. The molecule has 1 atom stereocenters. The molecule has 0 radical (unpaired) electrons. The summed E-state index contributed by atoms with van der Waals surface area (Å²) in [5, 5.41) is 12.4. The van der Waals surface area contributed by atoms with Crippen LogP contribution in [0.3, 0.4) is 0 Å². The first-order chi connectivity index (χ1) is 16.9. The maximum atomic E-state index is 13.3. The number of likely N-dealkylation sites (tertiary alicyclic amines) is 1. The maximum absolute atomic E-state index is 13.3. The first-order valence-corrected chi connectivity index (χ1v) is 12.0. The van der Waals surface area contributed by atoms with Crippen LogP contribution >= 0.6 is 0 Å². The zero-order valence-corrected chi connectivity index (χ0v) is 20.6. The highest BCUT2D eigenvalue weighted by Crippen LogP contribution is 2.42. The molecule has 0 bridgehead atoms. The molecule has 2 N–H and O–H groups in total. The number of carbonyl (C=O) groups excluding carboxylic acids is 2. The summed E-state index contributed by atoms with van der Waals surface area (Å²) in [5.41, 5.74) is 3.17. The lowest BCUT2D eigenvalue weighted by Gasteiger charge is -2.25. The van der Waals surface area contributed by atoms with E-state index in [9.17, 15) is 14.7 Å². The van der Waals surface area contributed by atoms with Crippen molar-refractivity contribution in [3.63, 3.8) is 0 Å². The average molecular weight is 477 g/mol. The number of carbonyl (C=O) groups is 2. The van der Waals surface area contributed by atoms with Crippen LogP contribution in [0.5, 0.6) is 5.75 Å². The highest BCUT2D eigenvalue weighted by Gasteiger charge is 2.46. The molecule has 2 heterocycles. The van der Waals surface area contributed by atoms with Crippen LogP contribution in [0.1, 0.15) is 55.8 Å². The van der Waals surface area contributed by atoms with Crippen LogP contribution < -0.4 is 4.74 Å². The van der Waals surface area contributed by atoms with Crippen molar-refractivity contribution in [2.45, 2.75) is 39.2 Å². The van der Waals surface area contributed by atoms with Crippen LogP contribution in [0.4, 0.5) is 0 Å². The number of H-pyrrole nitrogens is 1. The molecule has 7 heteroatoms. The van der Waals surface area contributed by atoms with Gasteiger partial charge in [0.2, 0.25) is 0 Å². The highest BCUT2D eigenvalue weighted by atomic mass is 16.5. The van der Waals surface area contributed by atoms with Gasteiger partial charge in [-0.15, -0.1) is 0 Å². The Kier molecular flexibility index (Phi) is 7.26. The minimum Gasteiger partial charge on any atom is -0.507 e. The number of hydrogen-bond acceptors (Lipinski definition) is 5. The number of para-hydroxylation sites is 1. The van der Waals surface area contributed by atoms with Gasteiger partial charge in [0.1, 0.15) is 11.5 Å². The fourth-order valence-electron chi connectivity index (χ4n) is 4.72. The Bertz CT molecular complexity index is 1270. The van der Waals surface area contributed by atoms with Gasteiger partial charge in [-0.2, -0.15) is 0 Å². The molecule has 4 rings (SSSR count). The lowest BCUT2D eigenvalue weighted by Crippen LogP contribution is -2.31. The van der Waals surface area contributed by atoms with Crippen molar-refractivity contribution < 1.29 is 24.2 Å². The number of aliphatic hydroxyl groups is 1. The van der Waals surface area contributed by atoms with Crippen molar-refractivity contribution in [2.24, 2.45) is 0 Å². The lowest BCUT2D eigenvalue weighted by molar-refractivity contribution is -0.140. The van der Waals surface area contributed by atoms with Crippen LogP contribution in [-0.2, 0) is 14.3 Å². The molecule has 2 aromatic carbocycles. The fraction of sp³-hybridized carbons (Fsp3) is 0.357. The summed E-state index contributed by atoms with van der Waals surface area (Å²) in [6.07, 6.45) is 2.39. The summed E-state index contributed by atoms with van der Waals surface area (Å²) in [4.78, 5) is 31.3. The first-order valence-electron chi connectivity index (χ1n) is 12.0. The van der Waals surface area contributed by atoms with Crippen molar-refractivity contribution in [1.29, 1.82) is 0 Å². The lowest BCUT2D eigenvalue weighted by atomic mass is 9.93. The van der Waals surface area contributed by atoms with E-state index in [1.54, 1.807) is 18.1 Å². The average Bonchev–Trinajstić information content (AvgIpc) is 3.38. The zero-order valence-electron chi connectivity index (χ0n) is 20.6. The molecule has 0 spiro atoms. The van der Waals surface area contributed by atoms with Crippen LogP contribution in [0.25, 0.3) is 16.7 Å². The van der Waals surface area contributed by atoms with Gasteiger partial charge in [-0.3, -0.25) is 9.59 Å². The number of Topliss-reactive ketones (excluding diaryl/α,β-unsaturated/α-hetero) is 1. The number of nitrogens with zero attached hydrogens (tertiary/aromatic N) is 1. The van der Waals surface area contributed by atoms with Gasteiger partial charge < -0.3 is 24.5 Å². The Hall–Kier alpha value is -3.58. The minimum atomic E-state index is -0.711. The molecule has 184 valence electrons. The number of fused-ring (bicyclic) bond motifs is 1. The SMILES string of the molecule is CCOc1ccc(/C(O)=C2\C(=O)C(=O)N(CCCOC)C2c2c[nH]c3ccccc23)cc1C(C)C. The van der Waals surface area contributed by atoms with Crippen LogP contribution in [-0.4, -0.2) is 53.5 Å². The first kappa shape index (κ1) is 24.5. The number of nitrogens with one attached hydrogen (secondary N) is 1. The summed E-state index contributed by atoms with van der Waals surface area (Å²) in [7, 11) is 1.60. The predicted molar refractivity (Wildman–Crippen MR) is 136 cm³/mol. The van der Waals surface area contributed by atoms with Crippen LogP contribution in [0.2, 0.25) is 0 Å². The quantitative estimate of drug-likeness (QED) is 0.193. The van der Waals surface area contributed by atoms with Crippen molar-refractivity contribution in [3.8, 4) is 5.75 Å². The Labute approximate surface area is 205 Å². The van der Waals surface area contributed by atoms with Crippen molar-refractivity contribution in [1.82, 2.24) is 9.88 Å². The molecule has 1 aromatic heterocycles. The zero-order chi connectivity index (χ0) is 25.1. The molecule has 1 aliphatic heterocycles. The number of amides is 1. The third-order valence-corrected chi connectivity index (χ3v) is 6.41. The number of hydrogen-bond donors (Lipinski definition) is 2. The summed E-state index contributed by atoms with van der Waals surface area (Å²) in [6, 6.07) is 12.4. The Morgan fingerprint density at radius 3 is 2.66 bits per heavy atom. The fourth-order valence-corrected chi connectivity index (χ4v) is 4.72. The molecule has 0 aliphatic carbocycles. The molecule has 1 saturated heterocycles. The largest absolute Gasteiger partial charge is 0.507 e. The second-order valence-electron chi connectivity index (χ2n) is 8.97. The van der Waals surface area contributed by atoms with E-state index < -0.39 is 17.7 Å². The molecule has 3 aromatic rings. The van der Waals surface area contributed by atoms with Crippen molar-refractivity contribution in [2.75, 3.05) is 26.9 Å². The summed E-state index contributed by atoms with van der Waals surface area (Å²) < 4.78 is 10.9. The van der Waals surface area contributed by atoms with E-state index in [1.165, 1.54) is 0 Å². The minimum absolute atomic E-state index is 0.0936. The summed E-state index contributed by atoms with van der Waals surface area (Å²) in [5.74, 6) is -0.599. The van der Waals surface area contributed by atoms with Gasteiger partial charge in [0, 0.05) is 48.5 Å². The van der Waals surface area contributed by atoms with Gasteiger partial charge in [0.15, 0.2) is 0 Å². The molecule has 35 heavy (non-hydrogen) atoms. The van der Waals surface area contributed by atoms with E-state index in [2.05, 4.69) is 4.98 Å². The third kappa shape index (κ3) is 4.56. The summed E-state index contributed by atoms with van der Waals surface area (Å²) in [6.45, 7) is 7.33. The number of aliphatic hydroxyl groups excluding tert-OH is 1. The Balaban J connectivity index is 1.88. The topological polar surface area (TPSA) is 91.9 Å². The highest BCUT2D eigenvalue weighted by molar-refractivity contribution is 6.46.